The first-order valence-corrected chi connectivity index (χ1v) is 9.54. The molecule has 6 heteroatoms. The summed E-state index contributed by atoms with van der Waals surface area (Å²) in [6, 6.07) is 0.703. The average Bonchev–Trinajstić information content (AvgIpc) is 3.26. The smallest absolute Gasteiger partial charge is 0.279 e. The predicted octanol–water partition coefficient (Wildman–Crippen LogP) is 1.48. The Kier molecular flexibility index (Phi) is 6.26. The van der Waals surface area contributed by atoms with E-state index in [2.05, 4.69) is 17.0 Å². The SMILES string of the molecule is CCCCCNS(=O)(=O)N1CCCC(CNC2CC2)C1. The molecule has 0 spiro atoms. The van der Waals surface area contributed by atoms with Crippen LogP contribution in [0.25, 0.3) is 0 Å². The molecular weight excluding hydrogens is 274 g/mol. The molecule has 0 aromatic carbocycles. The Morgan fingerprint density at radius 2 is 2.00 bits per heavy atom. The maximum atomic E-state index is 12.2. The molecule has 1 unspecified atom stereocenters. The predicted molar refractivity (Wildman–Crippen MR) is 81.8 cm³/mol. The van der Waals surface area contributed by atoms with Crippen molar-refractivity contribution >= 4 is 10.2 Å². The minimum Gasteiger partial charge on any atom is -0.314 e. The van der Waals surface area contributed by atoms with E-state index in [-0.39, 0.29) is 0 Å². The third-order valence-electron chi connectivity index (χ3n) is 4.16. The van der Waals surface area contributed by atoms with Crippen molar-refractivity contribution in [2.24, 2.45) is 5.92 Å². The van der Waals surface area contributed by atoms with Crippen molar-refractivity contribution < 1.29 is 8.42 Å². The molecule has 1 aliphatic heterocycles. The number of hydrogen-bond donors (Lipinski definition) is 2. The summed E-state index contributed by atoms with van der Waals surface area (Å²) < 4.78 is 28.9. The Bertz CT molecular complexity index is 382. The lowest BCUT2D eigenvalue weighted by Crippen LogP contribution is -2.48. The highest BCUT2D eigenvalue weighted by Gasteiger charge is 2.29. The van der Waals surface area contributed by atoms with Crippen molar-refractivity contribution in [3.8, 4) is 0 Å². The van der Waals surface area contributed by atoms with E-state index in [0.29, 0.717) is 31.6 Å². The van der Waals surface area contributed by atoms with Crippen LogP contribution in [-0.4, -0.2) is 44.9 Å². The maximum absolute atomic E-state index is 12.2. The first-order valence-electron chi connectivity index (χ1n) is 8.10. The van der Waals surface area contributed by atoms with Gasteiger partial charge in [-0.25, -0.2) is 4.72 Å². The number of piperidine rings is 1. The van der Waals surface area contributed by atoms with Crippen LogP contribution in [0.5, 0.6) is 0 Å². The van der Waals surface area contributed by atoms with Crippen molar-refractivity contribution in [2.45, 2.75) is 57.9 Å². The minimum absolute atomic E-state index is 0.469. The summed E-state index contributed by atoms with van der Waals surface area (Å²) in [4.78, 5) is 0. The van der Waals surface area contributed by atoms with Crippen molar-refractivity contribution in [3.63, 3.8) is 0 Å². The Balaban J connectivity index is 1.74. The monoisotopic (exact) mass is 303 g/mol. The summed E-state index contributed by atoms with van der Waals surface area (Å²) in [5.74, 6) is 0.469. The quantitative estimate of drug-likeness (QED) is 0.634. The van der Waals surface area contributed by atoms with Gasteiger partial charge in [0.1, 0.15) is 0 Å². The van der Waals surface area contributed by atoms with Gasteiger partial charge in [-0.2, -0.15) is 12.7 Å². The third kappa shape index (κ3) is 5.31. The highest BCUT2D eigenvalue weighted by molar-refractivity contribution is 7.87. The molecule has 1 atom stereocenters. The molecule has 2 aliphatic rings. The average molecular weight is 303 g/mol. The first-order chi connectivity index (χ1) is 9.62. The maximum Gasteiger partial charge on any atom is 0.279 e. The lowest BCUT2D eigenvalue weighted by atomic mass is 10.00. The number of nitrogens with one attached hydrogen (secondary N) is 2. The largest absolute Gasteiger partial charge is 0.314 e. The molecule has 1 aliphatic carbocycles. The standard InChI is InChI=1S/C14H29N3O2S/c1-2-3-4-9-16-20(18,19)17-10-5-6-13(12-17)11-15-14-7-8-14/h13-16H,2-12H2,1H3. The van der Waals surface area contributed by atoms with E-state index >= 15 is 0 Å². The summed E-state index contributed by atoms with van der Waals surface area (Å²) in [5, 5.41) is 3.52. The summed E-state index contributed by atoms with van der Waals surface area (Å²) in [6.07, 6.45) is 7.81. The van der Waals surface area contributed by atoms with Crippen LogP contribution < -0.4 is 10.0 Å². The van der Waals surface area contributed by atoms with E-state index in [4.69, 9.17) is 0 Å². The zero-order valence-electron chi connectivity index (χ0n) is 12.6. The van der Waals surface area contributed by atoms with Gasteiger partial charge in [-0.05, 0) is 44.6 Å². The van der Waals surface area contributed by atoms with Crippen molar-refractivity contribution in [2.75, 3.05) is 26.2 Å². The van der Waals surface area contributed by atoms with Crippen molar-refractivity contribution in [1.29, 1.82) is 0 Å². The highest BCUT2D eigenvalue weighted by Crippen LogP contribution is 2.22. The molecule has 1 saturated carbocycles. The second kappa shape index (κ2) is 7.73. The van der Waals surface area contributed by atoms with Gasteiger partial charge in [-0.3, -0.25) is 0 Å². The van der Waals surface area contributed by atoms with Crippen molar-refractivity contribution in [3.05, 3.63) is 0 Å². The van der Waals surface area contributed by atoms with Crippen LogP contribution in [-0.2, 0) is 10.2 Å². The first kappa shape index (κ1) is 16.2. The van der Waals surface area contributed by atoms with Crippen molar-refractivity contribution in [1.82, 2.24) is 14.3 Å². The van der Waals surface area contributed by atoms with Gasteiger partial charge >= 0.3 is 0 Å². The van der Waals surface area contributed by atoms with E-state index < -0.39 is 10.2 Å². The second-order valence-corrected chi connectivity index (χ2v) is 7.91. The molecule has 0 bridgehead atoms. The van der Waals surface area contributed by atoms with Gasteiger partial charge in [-0.15, -0.1) is 0 Å². The van der Waals surface area contributed by atoms with Gasteiger partial charge in [0.2, 0.25) is 0 Å². The molecular formula is C14H29N3O2S. The number of unbranched alkanes of at least 4 members (excludes halogenated alkanes) is 2. The zero-order chi connectivity index (χ0) is 14.4. The minimum atomic E-state index is -3.26. The fourth-order valence-electron chi connectivity index (χ4n) is 2.70. The second-order valence-electron chi connectivity index (χ2n) is 6.16. The lowest BCUT2D eigenvalue weighted by Gasteiger charge is -2.32. The zero-order valence-corrected chi connectivity index (χ0v) is 13.4. The Hall–Kier alpha value is -0.170. The van der Waals surface area contributed by atoms with Crippen LogP contribution in [0.15, 0.2) is 0 Å². The Labute approximate surface area is 123 Å². The number of rotatable bonds is 9. The van der Waals surface area contributed by atoms with Crippen LogP contribution in [0.4, 0.5) is 0 Å². The Morgan fingerprint density at radius 3 is 2.70 bits per heavy atom. The van der Waals surface area contributed by atoms with Gasteiger partial charge in [0, 0.05) is 25.7 Å². The normalized spacial score (nSPS) is 24.9. The molecule has 1 heterocycles. The van der Waals surface area contributed by atoms with E-state index in [1.807, 2.05) is 0 Å². The molecule has 2 rings (SSSR count). The van der Waals surface area contributed by atoms with Gasteiger partial charge in [-0.1, -0.05) is 19.8 Å². The third-order valence-corrected chi connectivity index (χ3v) is 5.74. The van der Waals surface area contributed by atoms with Crippen LogP contribution in [0.2, 0.25) is 0 Å². The van der Waals surface area contributed by atoms with E-state index in [1.54, 1.807) is 4.31 Å². The molecule has 0 radical (unpaired) electrons. The van der Waals surface area contributed by atoms with Crippen LogP contribution >= 0.6 is 0 Å². The molecule has 20 heavy (non-hydrogen) atoms. The van der Waals surface area contributed by atoms with Gasteiger partial charge in [0.15, 0.2) is 0 Å². The van der Waals surface area contributed by atoms with Crippen LogP contribution in [0.1, 0.15) is 51.9 Å². The van der Waals surface area contributed by atoms with Gasteiger partial charge in [0.05, 0.1) is 0 Å². The van der Waals surface area contributed by atoms with Gasteiger partial charge < -0.3 is 5.32 Å². The van der Waals surface area contributed by atoms with Gasteiger partial charge in [0.25, 0.3) is 10.2 Å². The molecule has 0 aromatic rings. The van der Waals surface area contributed by atoms with E-state index in [1.165, 1.54) is 12.8 Å². The molecule has 2 fully saturated rings. The lowest BCUT2D eigenvalue weighted by molar-refractivity contribution is 0.257. The summed E-state index contributed by atoms with van der Waals surface area (Å²) in [6.45, 7) is 4.99. The molecule has 1 saturated heterocycles. The van der Waals surface area contributed by atoms with Crippen LogP contribution in [0, 0.1) is 5.92 Å². The molecule has 0 aromatic heterocycles. The molecule has 0 amide bonds. The summed E-state index contributed by atoms with van der Waals surface area (Å²) in [5.41, 5.74) is 0. The number of hydrogen-bond acceptors (Lipinski definition) is 3. The van der Waals surface area contributed by atoms with Crippen LogP contribution in [0.3, 0.4) is 0 Å². The number of nitrogens with zero attached hydrogens (tertiary/aromatic N) is 1. The topological polar surface area (TPSA) is 61.4 Å². The summed E-state index contributed by atoms with van der Waals surface area (Å²) >= 11 is 0. The van der Waals surface area contributed by atoms with E-state index in [0.717, 1.165) is 38.6 Å². The fraction of sp³-hybridized carbons (Fsp3) is 1.00. The van der Waals surface area contributed by atoms with E-state index in [9.17, 15) is 8.42 Å². The summed E-state index contributed by atoms with van der Waals surface area (Å²) in [7, 11) is -3.26. The molecule has 118 valence electrons. The molecule has 2 N–H and O–H groups in total. The molecule has 5 nitrogen and oxygen atoms in total. The Morgan fingerprint density at radius 1 is 1.20 bits per heavy atom. The highest BCUT2D eigenvalue weighted by atomic mass is 32.2. The fourth-order valence-corrected chi connectivity index (χ4v) is 4.06.